The van der Waals surface area contributed by atoms with Crippen LogP contribution in [0, 0.1) is 29.8 Å². The van der Waals surface area contributed by atoms with Crippen LogP contribution in [0.1, 0.15) is 34.3 Å². The Morgan fingerprint density at radius 2 is 1.88 bits per heavy atom. The van der Waals surface area contributed by atoms with Gasteiger partial charge >= 0.3 is 0 Å². The van der Waals surface area contributed by atoms with E-state index in [1.54, 1.807) is 0 Å². The second-order valence-electron chi connectivity index (χ2n) is 5.98. The topological polar surface area (TPSA) is 81.5 Å². The molecule has 138 valence electrons. The molecule has 0 aliphatic heterocycles. The molecule has 2 aromatic carbocycles. The summed E-state index contributed by atoms with van der Waals surface area (Å²) in [5.41, 5.74) is 0.616. The molecule has 6 nitrogen and oxygen atoms in total. The third-order valence-corrected chi connectivity index (χ3v) is 3.92. The molecule has 0 heterocycles. The van der Waals surface area contributed by atoms with E-state index in [9.17, 15) is 19.3 Å². The fourth-order valence-electron chi connectivity index (χ4n) is 2.34. The number of aryl methyl sites for hydroxylation is 1. The summed E-state index contributed by atoms with van der Waals surface area (Å²) in [5, 5.41) is 13.5. The highest BCUT2D eigenvalue weighted by molar-refractivity contribution is 5.95. The molecule has 7 heteroatoms. The van der Waals surface area contributed by atoms with Crippen LogP contribution in [0.5, 0.6) is 5.75 Å². The molecule has 0 radical (unpaired) electrons. The lowest BCUT2D eigenvalue weighted by molar-refractivity contribution is -0.385. The Morgan fingerprint density at radius 1 is 1.19 bits per heavy atom. The molecule has 26 heavy (non-hydrogen) atoms. The number of nitrogens with zero attached hydrogens (tertiary/aromatic N) is 1. The first-order valence-electron chi connectivity index (χ1n) is 8.30. The van der Waals surface area contributed by atoms with E-state index in [1.807, 2.05) is 31.2 Å². The van der Waals surface area contributed by atoms with Crippen molar-refractivity contribution >= 4 is 11.6 Å². The SMILES string of the molecule is Cc1ccc(OCCCCNC(=O)c2cc(F)c(C)c([N+](=O)[O-])c2)cc1. The Balaban J connectivity index is 1.76. The van der Waals surface area contributed by atoms with E-state index in [0.717, 1.165) is 29.9 Å². The van der Waals surface area contributed by atoms with Crippen molar-refractivity contribution in [2.75, 3.05) is 13.2 Å². The molecule has 0 aromatic heterocycles. The minimum Gasteiger partial charge on any atom is -0.494 e. The summed E-state index contributed by atoms with van der Waals surface area (Å²) < 4.78 is 19.3. The summed E-state index contributed by atoms with van der Waals surface area (Å²) in [6, 6.07) is 9.84. The first-order valence-corrected chi connectivity index (χ1v) is 8.30. The number of carbonyl (C=O) groups excluding carboxylic acids is 1. The van der Waals surface area contributed by atoms with Crippen LogP contribution < -0.4 is 10.1 Å². The number of nitro groups is 1. The van der Waals surface area contributed by atoms with Crippen molar-refractivity contribution in [3.8, 4) is 5.75 Å². The number of nitrogens with one attached hydrogen (secondary N) is 1. The summed E-state index contributed by atoms with van der Waals surface area (Å²) in [5.74, 6) is -0.510. The second kappa shape index (κ2) is 8.94. The Morgan fingerprint density at radius 3 is 2.54 bits per heavy atom. The van der Waals surface area contributed by atoms with E-state index >= 15 is 0 Å². The minimum absolute atomic E-state index is 0.0595. The fraction of sp³-hybridized carbons (Fsp3) is 0.316. The number of unbranched alkanes of at least 4 members (excludes halogenated alkanes) is 1. The number of hydrogen-bond donors (Lipinski definition) is 1. The lowest BCUT2D eigenvalue weighted by atomic mass is 10.1. The van der Waals surface area contributed by atoms with Crippen LogP contribution in [0.4, 0.5) is 10.1 Å². The van der Waals surface area contributed by atoms with Crippen molar-refractivity contribution in [1.82, 2.24) is 5.32 Å². The predicted octanol–water partition coefficient (Wildman–Crippen LogP) is 3.94. The first-order chi connectivity index (χ1) is 12.4. The minimum atomic E-state index is -0.768. The number of amides is 1. The maximum absolute atomic E-state index is 13.7. The van der Waals surface area contributed by atoms with Crippen molar-refractivity contribution in [3.05, 3.63) is 69.0 Å². The zero-order valence-corrected chi connectivity index (χ0v) is 14.8. The van der Waals surface area contributed by atoms with Gasteiger partial charge in [0.05, 0.1) is 17.1 Å². The van der Waals surface area contributed by atoms with Crippen LogP contribution in [-0.4, -0.2) is 24.0 Å². The predicted molar refractivity (Wildman–Crippen MR) is 96.0 cm³/mol. The van der Waals surface area contributed by atoms with Gasteiger partial charge in [-0.3, -0.25) is 14.9 Å². The van der Waals surface area contributed by atoms with Gasteiger partial charge in [0.1, 0.15) is 11.6 Å². The van der Waals surface area contributed by atoms with Gasteiger partial charge in [0.2, 0.25) is 0 Å². The van der Waals surface area contributed by atoms with Crippen molar-refractivity contribution in [3.63, 3.8) is 0 Å². The molecule has 0 aliphatic carbocycles. The smallest absolute Gasteiger partial charge is 0.276 e. The van der Waals surface area contributed by atoms with Crippen LogP contribution in [0.15, 0.2) is 36.4 Å². The molecule has 0 bridgehead atoms. The monoisotopic (exact) mass is 360 g/mol. The van der Waals surface area contributed by atoms with Crippen LogP contribution in [0.2, 0.25) is 0 Å². The Bertz CT molecular complexity index is 791. The maximum atomic E-state index is 13.7. The molecule has 1 N–H and O–H groups in total. The van der Waals surface area contributed by atoms with Crippen LogP contribution >= 0.6 is 0 Å². The number of benzene rings is 2. The van der Waals surface area contributed by atoms with E-state index in [2.05, 4.69) is 5.32 Å². The summed E-state index contributed by atoms with van der Waals surface area (Å²) in [4.78, 5) is 22.3. The average Bonchev–Trinajstić information content (AvgIpc) is 2.61. The highest BCUT2D eigenvalue weighted by Gasteiger charge is 2.19. The normalized spacial score (nSPS) is 10.4. The van der Waals surface area contributed by atoms with E-state index in [1.165, 1.54) is 6.92 Å². The number of hydrogen-bond acceptors (Lipinski definition) is 4. The fourth-order valence-corrected chi connectivity index (χ4v) is 2.34. The van der Waals surface area contributed by atoms with Gasteiger partial charge in [-0.05, 0) is 44.9 Å². The van der Waals surface area contributed by atoms with Crippen molar-refractivity contribution in [1.29, 1.82) is 0 Å². The standard InChI is InChI=1S/C19H21FN2O4/c1-13-5-7-16(8-6-13)26-10-4-3-9-21-19(23)15-11-17(20)14(2)18(12-15)22(24)25/h5-8,11-12H,3-4,9-10H2,1-2H3,(H,21,23). The van der Waals surface area contributed by atoms with E-state index < -0.39 is 22.3 Å². The molecular formula is C19H21FN2O4. The Kier molecular flexibility index (Phi) is 6.66. The molecule has 0 fully saturated rings. The first kappa shape index (κ1) is 19.4. The van der Waals surface area contributed by atoms with Gasteiger partial charge in [0, 0.05) is 18.2 Å². The lowest BCUT2D eigenvalue weighted by Gasteiger charge is -2.08. The van der Waals surface area contributed by atoms with Gasteiger partial charge in [-0.1, -0.05) is 17.7 Å². The molecule has 0 aliphatic rings. The molecule has 0 saturated carbocycles. The van der Waals surface area contributed by atoms with E-state index in [-0.39, 0.29) is 11.1 Å². The lowest BCUT2D eigenvalue weighted by Crippen LogP contribution is -2.25. The van der Waals surface area contributed by atoms with Crippen LogP contribution in [0.3, 0.4) is 0 Å². The molecule has 0 spiro atoms. The third-order valence-electron chi connectivity index (χ3n) is 3.92. The largest absolute Gasteiger partial charge is 0.494 e. The number of ether oxygens (including phenoxy) is 1. The van der Waals surface area contributed by atoms with Gasteiger partial charge < -0.3 is 10.1 Å². The number of carbonyl (C=O) groups is 1. The molecular weight excluding hydrogens is 339 g/mol. The molecule has 2 rings (SSSR count). The van der Waals surface area contributed by atoms with Gasteiger partial charge in [-0.25, -0.2) is 4.39 Å². The molecule has 0 atom stereocenters. The van der Waals surface area contributed by atoms with Crippen molar-refractivity contribution < 1.29 is 18.8 Å². The van der Waals surface area contributed by atoms with Gasteiger partial charge in [-0.2, -0.15) is 0 Å². The number of rotatable bonds is 8. The van der Waals surface area contributed by atoms with Crippen molar-refractivity contribution in [2.45, 2.75) is 26.7 Å². The molecule has 0 saturated heterocycles. The van der Waals surface area contributed by atoms with Crippen LogP contribution in [-0.2, 0) is 0 Å². The Hall–Kier alpha value is -2.96. The summed E-state index contributed by atoms with van der Waals surface area (Å²) >= 11 is 0. The molecule has 1 amide bonds. The average molecular weight is 360 g/mol. The summed E-state index contributed by atoms with van der Waals surface area (Å²) in [6.07, 6.45) is 1.41. The van der Waals surface area contributed by atoms with Crippen LogP contribution in [0.25, 0.3) is 0 Å². The van der Waals surface area contributed by atoms with E-state index in [4.69, 9.17) is 4.74 Å². The highest BCUT2D eigenvalue weighted by Crippen LogP contribution is 2.22. The zero-order chi connectivity index (χ0) is 19.1. The zero-order valence-electron chi connectivity index (χ0n) is 14.8. The second-order valence-corrected chi connectivity index (χ2v) is 5.98. The third kappa shape index (κ3) is 5.27. The number of nitro benzene ring substituents is 1. The Labute approximate surface area is 151 Å². The van der Waals surface area contributed by atoms with Gasteiger partial charge in [-0.15, -0.1) is 0 Å². The summed E-state index contributed by atoms with van der Waals surface area (Å²) in [7, 11) is 0. The quantitative estimate of drug-likeness (QED) is 0.439. The summed E-state index contributed by atoms with van der Waals surface area (Å²) in [6.45, 7) is 4.20. The van der Waals surface area contributed by atoms with Gasteiger partial charge in [0.15, 0.2) is 0 Å². The molecule has 2 aromatic rings. The van der Waals surface area contributed by atoms with Crippen molar-refractivity contribution in [2.24, 2.45) is 0 Å². The maximum Gasteiger partial charge on any atom is 0.276 e. The molecule has 0 unspecified atom stereocenters. The number of halogens is 1. The van der Waals surface area contributed by atoms with Gasteiger partial charge in [0.25, 0.3) is 11.6 Å². The van der Waals surface area contributed by atoms with E-state index in [0.29, 0.717) is 19.6 Å². The highest BCUT2D eigenvalue weighted by atomic mass is 19.1.